The first kappa shape index (κ1) is 12.1. The number of ketones is 1. The minimum atomic E-state index is 0.348. The van der Waals surface area contributed by atoms with Crippen LogP contribution in [0.15, 0.2) is 0 Å². The largest absolute Gasteiger partial charge is 0.300 e. The summed E-state index contributed by atoms with van der Waals surface area (Å²) >= 11 is 0. The van der Waals surface area contributed by atoms with Crippen LogP contribution in [0.2, 0.25) is 0 Å². The Kier molecular flexibility index (Phi) is 3.98. The molecule has 0 aromatic heterocycles. The number of hydrogen-bond donors (Lipinski definition) is 0. The summed E-state index contributed by atoms with van der Waals surface area (Å²) < 4.78 is 0. The second-order valence-electron chi connectivity index (χ2n) is 5.29. The molecule has 16 heavy (non-hydrogen) atoms. The van der Waals surface area contributed by atoms with Gasteiger partial charge in [0.2, 0.25) is 0 Å². The Morgan fingerprint density at radius 1 is 1.38 bits per heavy atom. The maximum Gasteiger partial charge on any atom is 0.137 e. The van der Waals surface area contributed by atoms with Crippen LogP contribution in [-0.2, 0) is 4.79 Å². The van der Waals surface area contributed by atoms with Crippen LogP contribution in [0.3, 0.4) is 0 Å². The molecule has 2 atom stereocenters. The van der Waals surface area contributed by atoms with E-state index in [1.165, 1.54) is 6.54 Å². The van der Waals surface area contributed by atoms with Crippen molar-refractivity contribution in [2.24, 2.45) is 5.92 Å². The molecule has 1 saturated heterocycles. The number of carbonyl (C=O) groups is 1. The first-order chi connectivity index (χ1) is 7.70. The molecular formula is C13H24N2O. The van der Waals surface area contributed by atoms with Crippen LogP contribution in [0, 0.1) is 5.92 Å². The Morgan fingerprint density at radius 2 is 2.19 bits per heavy atom. The SMILES string of the molecule is CCN1CCN(CC2CCCC2=O)CC1C. The molecule has 0 N–H and O–H groups in total. The van der Waals surface area contributed by atoms with Gasteiger partial charge in [0.1, 0.15) is 5.78 Å². The maximum absolute atomic E-state index is 11.6. The molecule has 3 nitrogen and oxygen atoms in total. The molecule has 1 saturated carbocycles. The highest BCUT2D eigenvalue weighted by Crippen LogP contribution is 2.23. The van der Waals surface area contributed by atoms with Gasteiger partial charge in [-0.1, -0.05) is 6.92 Å². The molecule has 0 spiro atoms. The van der Waals surface area contributed by atoms with Crippen LogP contribution in [-0.4, -0.2) is 54.3 Å². The van der Waals surface area contributed by atoms with Gasteiger partial charge in [-0.2, -0.15) is 0 Å². The fourth-order valence-corrected chi connectivity index (χ4v) is 3.10. The number of piperazine rings is 1. The molecular weight excluding hydrogens is 200 g/mol. The summed E-state index contributed by atoms with van der Waals surface area (Å²) in [5, 5.41) is 0. The van der Waals surface area contributed by atoms with Crippen molar-refractivity contribution in [3.8, 4) is 0 Å². The number of carbonyl (C=O) groups excluding carboxylic acids is 1. The topological polar surface area (TPSA) is 23.6 Å². The molecule has 2 aliphatic rings. The molecule has 92 valence electrons. The summed E-state index contributed by atoms with van der Waals surface area (Å²) in [5.74, 6) is 0.853. The van der Waals surface area contributed by atoms with Gasteiger partial charge in [-0.25, -0.2) is 0 Å². The van der Waals surface area contributed by atoms with Crippen molar-refractivity contribution < 1.29 is 4.79 Å². The molecule has 0 bridgehead atoms. The Hall–Kier alpha value is -0.410. The highest BCUT2D eigenvalue weighted by atomic mass is 16.1. The fraction of sp³-hybridized carbons (Fsp3) is 0.923. The third-order valence-corrected chi connectivity index (χ3v) is 4.17. The van der Waals surface area contributed by atoms with E-state index in [2.05, 4.69) is 23.6 Å². The predicted octanol–water partition coefficient (Wildman–Crippen LogP) is 1.38. The Morgan fingerprint density at radius 3 is 2.75 bits per heavy atom. The van der Waals surface area contributed by atoms with Crippen molar-refractivity contribution >= 4 is 5.78 Å². The van der Waals surface area contributed by atoms with Crippen LogP contribution in [0.4, 0.5) is 0 Å². The molecule has 2 rings (SSSR count). The van der Waals surface area contributed by atoms with Gasteiger partial charge < -0.3 is 0 Å². The molecule has 2 unspecified atom stereocenters. The van der Waals surface area contributed by atoms with Gasteiger partial charge in [-0.3, -0.25) is 14.6 Å². The average molecular weight is 224 g/mol. The number of nitrogens with zero attached hydrogens (tertiary/aromatic N) is 2. The Bertz CT molecular complexity index is 254. The normalized spacial score (nSPS) is 33.5. The summed E-state index contributed by atoms with van der Waals surface area (Å²) in [4.78, 5) is 16.6. The second-order valence-corrected chi connectivity index (χ2v) is 5.29. The summed E-state index contributed by atoms with van der Waals surface area (Å²) in [5.41, 5.74) is 0. The molecule has 1 aliphatic carbocycles. The van der Waals surface area contributed by atoms with Gasteiger partial charge in [0.25, 0.3) is 0 Å². The van der Waals surface area contributed by atoms with Crippen LogP contribution in [0.25, 0.3) is 0 Å². The lowest BCUT2D eigenvalue weighted by Gasteiger charge is -2.40. The van der Waals surface area contributed by atoms with Crippen molar-refractivity contribution in [1.82, 2.24) is 9.80 Å². The molecule has 1 aliphatic heterocycles. The standard InChI is InChI=1S/C13H24N2O/c1-3-15-8-7-14(9-11(15)2)10-12-5-4-6-13(12)16/h11-12H,3-10H2,1-2H3. The van der Waals surface area contributed by atoms with Crippen molar-refractivity contribution in [3.63, 3.8) is 0 Å². The van der Waals surface area contributed by atoms with E-state index in [-0.39, 0.29) is 0 Å². The highest BCUT2D eigenvalue weighted by Gasteiger charge is 2.29. The average Bonchev–Trinajstić information content (AvgIpc) is 2.65. The summed E-state index contributed by atoms with van der Waals surface area (Å²) in [6.07, 6.45) is 3.07. The van der Waals surface area contributed by atoms with Crippen LogP contribution >= 0.6 is 0 Å². The number of Topliss-reactive ketones (excluding diaryl/α,β-unsaturated/α-hetero) is 1. The summed E-state index contributed by atoms with van der Waals surface area (Å²) in [6, 6.07) is 0.648. The monoisotopic (exact) mass is 224 g/mol. The Labute approximate surface area is 98.8 Å². The van der Waals surface area contributed by atoms with E-state index in [4.69, 9.17) is 0 Å². The first-order valence-corrected chi connectivity index (χ1v) is 6.69. The van der Waals surface area contributed by atoms with Gasteiger partial charge >= 0.3 is 0 Å². The predicted molar refractivity (Wildman–Crippen MR) is 65.5 cm³/mol. The van der Waals surface area contributed by atoms with E-state index < -0.39 is 0 Å². The van der Waals surface area contributed by atoms with E-state index in [9.17, 15) is 4.79 Å². The zero-order valence-corrected chi connectivity index (χ0v) is 10.6. The van der Waals surface area contributed by atoms with Crippen LogP contribution in [0.5, 0.6) is 0 Å². The first-order valence-electron chi connectivity index (χ1n) is 6.69. The number of rotatable bonds is 3. The lowest BCUT2D eigenvalue weighted by atomic mass is 10.1. The fourth-order valence-electron chi connectivity index (χ4n) is 3.10. The molecule has 0 aromatic rings. The third-order valence-electron chi connectivity index (χ3n) is 4.17. The molecule has 1 heterocycles. The quantitative estimate of drug-likeness (QED) is 0.723. The summed E-state index contributed by atoms with van der Waals surface area (Å²) in [7, 11) is 0. The van der Waals surface area contributed by atoms with E-state index in [0.717, 1.165) is 45.4 Å². The zero-order chi connectivity index (χ0) is 11.5. The molecule has 0 amide bonds. The smallest absolute Gasteiger partial charge is 0.137 e. The Balaban J connectivity index is 1.81. The van der Waals surface area contributed by atoms with Gasteiger partial charge in [-0.15, -0.1) is 0 Å². The van der Waals surface area contributed by atoms with E-state index in [1.54, 1.807) is 0 Å². The lowest BCUT2D eigenvalue weighted by Crippen LogP contribution is -2.52. The molecule has 0 radical (unpaired) electrons. The number of hydrogen-bond acceptors (Lipinski definition) is 3. The molecule has 2 fully saturated rings. The van der Waals surface area contributed by atoms with E-state index in [1.807, 2.05) is 0 Å². The molecule has 0 aromatic carbocycles. The van der Waals surface area contributed by atoms with Crippen molar-refractivity contribution in [3.05, 3.63) is 0 Å². The third kappa shape index (κ3) is 2.64. The van der Waals surface area contributed by atoms with Crippen molar-refractivity contribution in [2.75, 3.05) is 32.7 Å². The van der Waals surface area contributed by atoms with Crippen LogP contribution < -0.4 is 0 Å². The van der Waals surface area contributed by atoms with Gasteiger partial charge in [0.05, 0.1) is 0 Å². The molecule has 3 heteroatoms. The minimum Gasteiger partial charge on any atom is -0.300 e. The maximum atomic E-state index is 11.6. The van der Waals surface area contributed by atoms with Crippen molar-refractivity contribution in [1.29, 1.82) is 0 Å². The van der Waals surface area contributed by atoms with Gasteiger partial charge in [-0.05, 0) is 26.3 Å². The van der Waals surface area contributed by atoms with E-state index in [0.29, 0.717) is 17.7 Å². The minimum absolute atomic E-state index is 0.348. The summed E-state index contributed by atoms with van der Waals surface area (Å²) in [6.45, 7) is 10.1. The second kappa shape index (κ2) is 5.28. The van der Waals surface area contributed by atoms with Gasteiger partial charge in [0.15, 0.2) is 0 Å². The van der Waals surface area contributed by atoms with Crippen LogP contribution in [0.1, 0.15) is 33.1 Å². The lowest BCUT2D eigenvalue weighted by molar-refractivity contribution is -0.121. The highest BCUT2D eigenvalue weighted by molar-refractivity contribution is 5.83. The van der Waals surface area contributed by atoms with Gasteiger partial charge in [0, 0.05) is 44.6 Å². The van der Waals surface area contributed by atoms with Crippen molar-refractivity contribution in [2.45, 2.75) is 39.2 Å². The number of likely N-dealkylation sites (N-methyl/N-ethyl adjacent to an activating group) is 1. The zero-order valence-electron chi connectivity index (χ0n) is 10.6. The van der Waals surface area contributed by atoms with E-state index >= 15 is 0 Å².